The van der Waals surface area contributed by atoms with Crippen LogP contribution in [0.5, 0.6) is 0 Å². The van der Waals surface area contributed by atoms with Crippen LogP contribution in [0.15, 0.2) is 485 Å². The standard InChI is InChI=1S/C61H42N2.C61H44N2/c1-5-20-47(21-6-1)61(48-22-7-2-8-23-48)57-30-15-13-28-53(57)54-39-37-52(42-58(54)61)62(49-24-9-3-10-25-49)51-35-32-43(33-36-51)44-18-17-19-45(40-44)46-34-38-56-55-29-14-16-31-59(55)63(60(56)41-46)50-26-11-4-12-27-50;1-61(2)56-23-10-8-21-52(56)53-37-35-50(40-57(53)61)62(58-25-13-17-44-16-6-7-20-51(44)58)48-31-28-43(29-32-48)45-18-12-19-46(38-45)47-30-36-55-54-22-9-11-24-59(54)63(60(55)39-47)49-33-26-42(27-34-49)41-14-4-3-5-15-41/h1-42H;3-40H,1-2H3. The molecule has 0 bridgehead atoms. The Morgan fingerprint density at radius 3 is 1.10 bits per heavy atom. The topological polar surface area (TPSA) is 16.3 Å². The summed E-state index contributed by atoms with van der Waals surface area (Å²) in [6.07, 6.45) is 0. The maximum absolute atomic E-state index is 2.44. The Kier molecular flexibility index (Phi) is 18.5. The molecule has 0 saturated carbocycles. The average Bonchev–Trinajstić information content (AvgIpc) is 1.55. The number of para-hydroxylation sites is 4. The first-order valence-electron chi connectivity index (χ1n) is 43.7. The van der Waals surface area contributed by atoms with Crippen LogP contribution in [0.2, 0.25) is 0 Å². The minimum Gasteiger partial charge on any atom is -0.310 e. The van der Waals surface area contributed by atoms with Crippen molar-refractivity contribution in [3.63, 3.8) is 0 Å². The van der Waals surface area contributed by atoms with Gasteiger partial charge in [0.25, 0.3) is 0 Å². The van der Waals surface area contributed by atoms with E-state index in [2.05, 4.69) is 518 Å². The first kappa shape index (κ1) is 74.9. The van der Waals surface area contributed by atoms with Crippen LogP contribution in [0.25, 0.3) is 144 Å². The molecule has 126 heavy (non-hydrogen) atoms. The second kappa shape index (κ2) is 31.1. The quantitative estimate of drug-likeness (QED) is 0.102. The lowest BCUT2D eigenvalue weighted by molar-refractivity contribution is 0.660. The molecule has 0 amide bonds. The van der Waals surface area contributed by atoms with E-state index in [1.807, 2.05) is 0 Å². The molecule has 4 heteroatoms. The highest BCUT2D eigenvalue weighted by molar-refractivity contribution is 6.12. The largest absolute Gasteiger partial charge is 0.310 e. The van der Waals surface area contributed by atoms with E-state index in [0.29, 0.717) is 0 Å². The van der Waals surface area contributed by atoms with E-state index in [-0.39, 0.29) is 5.41 Å². The number of benzene rings is 20. The fourth-order valence-corrected chi connectivity index (χ4v) is 20.5. The predicted octanol–water partition coefficient (Wildman–Crippen LogP) is 32.7. The number of hydrogen-bond donors (Lipinski definition) is 0. The van der Waals surface area contributed by atoms with Gasteiger partial charge in [-0.25, -0.2) is 0 Å². The number of rotatable bonds is 15. The number of fused-ring (bicyclic) bond motifs is 13. The van der Waals surface area contributed by atoms with E-state index < -0.39 is 5.41 Å². The maximum Gasteiger partial charge on any atom is 0.0714 e. The van der Waals surface area contributed by atoms with E-state index in [1.165, 1.54) is 166 Å². The highest BCUT2D eigenvalue weighted by atomic mass is 15.1. The van der Waals surface area contributed by atoms with Crippen molar-refractivity contribution >= 4 is 88.5 Å². The van der Waals surface area contributed by atoms with Gasteiger partial charge < -0.3 is 18.9 Å². The van der Waals surface area contributed by atoms with Crippen LogP contribution in [0.1, 0.15) is 47.2 Å². The summed E-state index contributed by atoms with van der Waals surface area (Å²) in [6, 6.07) is 178. The molecule has 2 aliphatic carbocycles. The normalized spacial score (nSPS) is 12.7. The molecule has 594 valence electrons. The SMILES string of the molecule is CC1(C)c2ccccc2-c2ccc(N(c3ccc(-c4cccc(-c5ccc6c7ccccc7n(-c7ccc(-c8ccccc8)cc7)c6c5)c4)cc3)c3cccc4ccccc34)cc21.c1ccc(N(c2ccc(-c3cccc(-c4ccc5c6ccccc6n(-c6ccccc6)c5c4)c3)cc2)c2ccc3c(c2)C(c2ccccc2)(c2ccccc2)c2ccccc2-3)cc1. The molecule has 2 heterocycles. The molecule has 0 fully saturated rings. The maximum atomic E-state index is 2.44. The van der Waals surface area contributed by atoms with Gasteiger partial charge in [-0.3, -0.25) is 0 Å². The average molecular weight is 1610 g/mol. The molecular weight excluding hydrogens is 1520 g/mol. The number of anilines is 6. The Balaban J connectivity index is 0.000000145. The van der Waals surface area contributed by atoms with Crippen LogP contribution in [-0.4, -0.2) is 9.13 Å². The van der Waals surface area contributed by atoms with Gasteiger partial charge in [-0.05, 0) is 244 Å². The van der Waals surface area contributed by atoms with Crippen molar-refractivity contribution in [1.29, 1.82) is 0 Å². The van der Waals surface area contributed by atoms with E-state index in [1.54, 1.807) is 0 Å². The lowest BCUT2D eigenvalue weighted by atomic mass is 9.67. The van der Waals surface area contributed by atoms with Gasteiger partial charge in [-0.1, -0.05) is 372 Å². The Hall–Kier alpha value is -16.1. The zero-order valence-corrected chi connectivity index (χ0v) is 70.0. The van der Waals surface area contributed by atoms with Gasteiger partial charge >= 0.3 is 0 Å². The third-order valence-electron chi connectivity index (χ3n) is 26.5. The molecule has 0 unspecified atom stereocenters. The number of hydrogen-bond acceptors (Lipinski definition) is 2. The molecule has 0 atom stereocenters. The molecule has 2 aromatic heterocycles. The first-order valence-corrected chi connectivity index (χ1v) is 43.7. The van der Waals surface area contributed by atoms with Crippen LogP contribution in [0.3, 0.4) is 0 Å². The van der Waals surface area contributed by atoms with E-state index in [4.69, 9.17) is 0 Å². The molecule has 0 spiro atoms. The van der Waals surface area contributed by atoms with Crippen molar-refractivity contribution in [1.82, 2.24) is 9.13 Å². The minimum absolute atomic E-state index is 0.101. The minimum atomic E-state index is -0.482. The van der Waals surface area contributed by atoms with Gasteiger partial charge in [0.05, 0.1) is 33.2 Å². The molecule has 2 aliphatic rings. The summed E-state index contributed by atoms with van der Waals surface area (Å²) in [5, 5.41) is 7.47. The third kappa shape index (κ3) is 12.7. The van der Waals surface area contributed by atoms with E-state index in [0.717, 1.165) is 45.5 Å². The van der Waals surface area contributed by atoms with Gasteiger partial charge in [0.15, 0.2) is 0 Å². The zero-order chi connectivity index (χ0) is 83.8. The third-order valence-corrected chi connectivity index (χ3v) is 26.5. The summed E-state index contributed by atoms with van der Waals surface area (Å²) in [7, 11) is 0. The Morgan fingerprint density at radius 2 is 0.532 bits per heavy atom. The second-order valence-electron chi connectivity index (χ2n) is 33.8. The van der Waals surface area contributed by atoms with Crippen molar-refractivity contribution < 1.29 is 0 Å². The fourth-order valence-electron chi connectivity index (χ4n) is 20.5. The molecule has 4 nitrogen and oxygen atoms in total. The van der Waals surface area contributed by atoms with E-state index >= 15 is 0 Å². The van der Waals surface area contributed by atoms with Gasteiger partial charge in [0.1, 0.15) is 0 Å². The van der Waals surface area contributed by atoms with Gasteiger partial charge in [0.2, 0.25) is 0 Å². The van der Waals surface area contributed by atoms with Crippen LogP contribution < -0.4 is 9.80 Å². The second-order valence-corrected chi connectivity index (χ2v) is 33.8. The Labute approximate surface area is 735 Å². The molecule has 0 radical (unpaired) electrons. The van der Waals surface area contributed by atoms with Crippen LogP contribution in [-0.2, 0) is 10.8 Å². The summed E-state index contributed by atoms with van der Waals surface area (Å²) in [6.45, 7) is 4.71. The van der Waals surface area contributed by atoms with Crippen molar-refractivity contribution in [2.24, 2.45) is 0 Å². The van der Waals surface area contributed by atoms with Crippen molar-refractivity contribution in [2.75, 3.05) is 9.80 Å². The Morgan fingerprint density at radius 1 is 0.190 bits per heavy atom. The molecular formula is C122H86N4. The summed E-state index contributed by atoms with van der Waals surface area (Å²) >= 11 is 0. The van der Waals surface area contributed by atoms with Gasteiger partial charge in [-0.15, -0.1) is 0 Å². The lowest BCUT2D eigenvalue weighted by Gasteiger charge is -2.35. The van der Waals surface area contributed by atoms with Crippen LogP contribution in [0, 0.1) is 0 Å². The molecule has 0 aliphatic heterocycles. The molecule has 22 aromatic rings. The van der Waals surface area contributed by atoms with Crippen LogP contribution in [0.4, 0.5) is 34.1 Å². The fraction of sp³-hybridized carbons (Fsp3) is 0.0328. The van der Waals surface area contributed by atoms with Crippen molar-refractivity contribution in [2.45, 2.75) is 24.7 Å². The van der Waals surface area contributed by atoms with Crippen LogP contribution >= 0.6 is 0 Å². The summed E-state index contributed by atoms with van der Waals surface area (Å²) in [4.78, 5) is 4.83. The van der Waals surface area contributed by atoms with Gasteiger partial charge in [-0.2, -0.15) is 0 Å². The van der Waals surface area contributed by atoms with Crippen molar-refractivity contribution in [3.05, 3.63) is 519 Å². The lowest BCUT2D eigenvalue weighted by Crippen LogP contribution is -2.28. The molecule has 20 aromatic carbocycles. The summed E-state index contributed by atoms with van der Waals surface area (Å²) in [5.74, 6) is 0. The number of nitrogens with zero attached hydrogens (tertiary/aromatic N) is 4. The molecule has 0 saturated heterocycles. The predicted molar refractivity (Wildman–Crippen MR) is 530 cm³/mol. The van der Waals surface area contributed by atoms with Crippen molar-refractivity contribution in [3.8, 4) is 89.3 Å². The smallest absolute Gasteiger partial charge is 0.0714 e. The summed E-state index contributed by atoms with van der Waals surface area (Å²) in [5.41, 5.74) is 38.3. The van der Waals surface area contributed by atoms with E-state index in [9.17, 15) is 0 Å². The molecule has 0 N–H and O–H groups in total. The highest BCUT2D eigenvalue weighted by Crippen LogP contribution is 2.58. The first-order chi connectivity index (χ1) is 62.2. The highest BCUT2D eigenvalue weighted by Gasteiger charge is 2.46. The van der Waals surface area contributed by atoms with Gasteiger partial charge in [0, 0.05) is 72.2 Å². The monoisotopic (exact) mass is 1610 g/mol. The number of aromatic nitrogens is 2. The Bertz CT molecular complexity index is 7840. The zero-order valence-electron chi connectivity index (χ0n) is 70.0. The molecule has 24 rings (SSSR count). The summed E-state index contributed by atoms with van der Waals surface area (Å²) < 4.78 is 4.80.